The van der Waals surface area contributed by atoms with Crippen LogP contribution in [-0.2, 0) is 11.1 Å². The van der Waals surface area contributed by atoms with Crippen LogP contribution >= 0.6 is 11.6 Å². The molecule has 0 bridgehead atoms. The summed E-state index contributed by atoms with van der Waals surface area (Å²) in [5, 5.41) is -4.37. The highest BCUT2D eigenvalue weighted by Gasteiger charge is 2.45. The zero-order valence-electron chi connectivity index (χ0n) is 3.85. The van der Waals surface area contributed by atoms with E-state index in [0.717, 1.165) is 0 Å². The molecule has 56 valence electrons. The lowest BCUT2D eigenvalue weighted by molar-refractivity contribution is 0.0409. The summed E-state index contributed by atoms with van der Waals surface area (Å²) in [5.41, 5.74) is -3.12. The Morgan fingerprint density at radius 3 is 2.00 bits per heavy atom. The summed E-state index contributed by atoms with van der Waals surface area (Å²) in [6.07, 6.45) is 0. The van der Waals surface area contributed by atoms with Gasteiger partial charge in [0, 0.05) is 0 Å². The molecule has 0 aromatic carbocycles. The summed E-state index contributed by atoms with van der Waals surface area (Å²) < 4.78 is 51.8. The van der Waals surface area contributed by atoms with Crippen LogP contribution in [0.5, 0.6) is 0 Å². The standard InChI is InChI=1S/C2H2ClF3O2S/c3-1(4)2(5,6)9(7)8/h1H,(H,7,8). The van der Waals surface area contributed by atoms with Gasteiger partial charge in [-0.25, -0.2) is 8.60 Å². The quantitative estimate of drug-likeness (QED) is 0.517. The Morgan fingerprint density at radius 1 is 1.67 bits per heavy atom. The van der Waals surface area contributed by atoms with Crippen molar-refractivity contribution < 1.29 is 21.9 Å². The van der Waals surface area contributed by atoms with Gasteiger partial charge in [-0.05, 0) is 0 Å². The van der Waals surface area contributed by atoms with E-state index in [1.165, 1.54) is 0 Å². The molecule has 0 spiro atoms. The number of rotatable bonds is 2. The largest absolute Gasteiger partial charge is 0.389 e. The van der Waals surface area contributed by atoms with Crippen molar-refractivity contribution in [1.82, 2.24) is 0 Å². The van der Waals surface area contributed by atoms with Gasteiger partial charge < -0.3 is 4.55 Å². The van der Waals surface area contributed by atoms with E-state index in [0.29, 0.717) is 0 Å². The average Bonchev–Trinajstić information content (AvgIpc) is 1.65. The molecular formula is C2H2ClF3O2S. The van der Waals surface area contributed by atoms with E-state index in [1.54, 1.807) is 0 Å². The van der Waals surface area contributed by atoms with Crippen LogP contribution in [-0.4, -0.2) is 19.6 Å². The van der Waals surface area contributed by atoms with Crippen LogP contribution < -0.4 is 0 Å². The SMILES string of the molecule is O=S(O)C(F)(F)C(F)Cl. The first-order valence-corrected chi connectivity index (χ1v) is 3.20. The normalized spacial score (nSPS) is 19.2. The second kappa shape index (κ2) is 2.85. The maximum atomic E-state index is 11.6. The lowest BCUT2D eigenvalue weighted by Gasteiger charge is -2.09. The molecule has 0 saturated carbocycles. The molecule has 0 aliphatic carbocycles. The summed E-state index contributed by atoms with van der Waals surface area (Å²) in [6.45, 7) is 0. The van der Waals surface area contributed by atoms with Crippen LogP contribution in [0.15, 0.2) is 0 Å². The van der Waals surface area contributed by atoms with Gasteiger partial charge in [0.05, 0.1) is 0 Å². The van der Waals surface area contributed by atoms with Gasteiger partial charge in [0.2, 0.25) is 11.1 Å². The second-order valence-electron chi connectivity index (χ2n) is 1.11. The molecule has 0 fully saturated rings. The van der Waals surface area contributed by atoms with Crippen molar-refractivity contribution in [3.05, 3.63) is 0 Å². The van der Waals surface area contributed by atoms with Crippen molar-refractivity contribution in [1.29, 1.82) is 0 Å². The molecule has 0 aliphatic rings. The highest BCUT2D eigenvalue weighted by molar-refractivity contribution is 7.80. The molecule has 0 aromatic heterocycles. The smallest absolute Gasteiger partial charge is 0.301 e. The molecule has 1 N–H and O–H groups in total. The topological polar surface area (TPSA) is 37.3 Å². The molecule has 7 heteroatoms. The Kier molecular flexibility index (Phi) is 2.91. The first-order valence-electron chi connectivity index (χ1n) is 1.66. The van der Waals surface area contributed by atoms with Crippen LogP contribution in [0.4, 0.5) is 13.2 Å². The summed E-state index contributed by atoms with van der Waals surface area (Å²) in [5.74, 6) is 0. The molecule has 0 radical (unpaired) electrons. The van der Waals surface area contributed by atoms with Crippen molar-refractivity contribution in [2.24, 2.45) is 0 Å². The van der Waals surface area contributed by atoms with Gasteiger partial charge in [0.1, 0.15) is 0 Å². The third-order valence-corrected chi connectivity index (χ3v) is 1.56. The lowest BCUT2D eigenvalue weighted by Crippen LogP contribution is -2.30. The van der Waals surface area contributed by atoms with Gasteiger partial charge in [-0.15, -0.1) is 0 Å². The van der Waals surface area contributed by atoms with Crippen molar-refractivity contribution in [3.8, 4) is 0 Å². The van der Waals surface area contributed by atoms with E-state index in [1.807, 2.05) is 0 Å². The monoisotopic (exact) mass is 182 g/mol. The van der Waals surface area contributed by atoms with Crippen molar-refractivity contribution in [2.45, 2.75) is 10.9 Å². The summed E-state index contributed by atoms with van der Waals surface area (Å²) in [4.78, 5) is 0. The Morgan fingerprint density at radius 2 is 2.00 bits per heavy atom. The van der Waals surface area contributed by atoms with E-state index in [2.05, 4.69) is 11.6 Å². The van der Waals surface area contributed by atoms with Gasteiger partial charge in [0.15, 0.2) is 0 Å². The van der Waals surface area contributed by atoms with Crippen molar-refractivity contribution in [2.75, 3.05) is 0 Å². The fourth-order valence-corrected chi connectivity index (χ4v) is 0.457. The summed E-state index contributed by atoms with van der Waals surface area (Å²) >= 11 is 0.648. The Labute approximate surface area is 56.3 Å². The highest BCUT2D eigenvalue weighted by atomic mass is 35.5. The van der Waals surface area contributed by atoms with Crippen LogP contribution in [0, 0.1) is 0 Å². The maximum Gasteiger partial charge on any atom is 0.389 e. The Hall–Kier alpha value is 0.190. The minimum Gasteiger partial charge on any atom is -0.301 e. The number of hydrogen-bond acceptors (Lipinski definition) is 1. The molecule has 9 heavy (non-hydrogen) atoms. The van der Waals surface area contributed by atoms with E-state index >= 15 is 0 Å². The van der Waals surface area contributed by atoms with Crippen LogP contribution in [0.25, 0.3) is 0 Å². The fourth-order valence-electron chi connectivity index (χ4n) is 0.0762. The Bertz CT molecular complexity index is 127. The van der Waals surface area contributed by atoms with Gasteiger partial charge in [-0.1, -0.05) is 11.6 Å². The highest BCUT2D eigenvalue weighted by Crippen LogP contribution is 2.26. The van der Waals surface area contributed by atoms with Gasteiger partial charge in [0.25, 0.3) is 5.63 Å². The summed E-state index contributed by atoms with van der Waals surface area (Å²) in [7, 11) is 0. The Balaban J connectivity index is 4.19. The van der Waals surface area contributed by atoms with E-state index < -0.39 is 22.0 Å². The third kappa shape index (κ3) is 2.11. The van der Waals surface area contributed by atoms with Crippen molar-refractivity contribution in [3.63, 3.8) is 0 Å². The van der Waals surface area contributed by atoms with Gasteiger partial charge >= 0.3 is 5.25 Å². The number of halogens is 4. The van der Waals surface area contributed by atoms with Crippen LogP contribution in [0.1, 0.15) is 0 Å². The van der Waals surface area contributed by atoms with E-state index in [9.17, 15) is 17.4 Å². The zero-order valence-corrected chi connectivity index (χ0v) is 5.43. The molecule has 2 nitrogen and oxygen atoms in total. The zero-order chi connectivity index (χ0) is 7.65. The van der Waals surface area contributed by atoms with Gasteiger partial charge in [-0.3, -0.25) is 0 Å². The number of hydrogen-bond donors (Lipinski definition) is 1. The average molecular weight is 183 g/mol. The molecule has 0 aromatic rings. The molecule has 0 heterocycles. The van der Waals surface area contributed by atoms with Crippen LogP contribution in [0.2, 0.25) is 0 Å². The molecule has 0 rings (SSSR count). The first kappa shape index (κ1) is 9.19. The molecule has 2 unspecified atom stereocenters. The minimum atomic E-state index is -4.37. The lowest BCUT2D eigenvalue weighted by atomic mass is 10.8. The van der Waals surface area contributed by atoms with E-state index in [-0.39, 0.29) is 0 Å². The second-order valence-corrected chi connectivity index (χ2v) is 2.54. The maximum absolute atomic E-state index is 11.6. The third-order valence-electron chi connectivity index (χ3n) is 0.487. The predicted octanol–water partition coefficient (Wildman–Crippen LogP) is 1.34. The predicted molar refractivity (Wildman–Crippen MR) is 26.5 cm³/mol. The van der Waals surface area contributed by atoms with Gasteiger partial charge in [-0.2, -0.15) is 8.78 Å². The molecule has 0 aliphatic heterocycles. The van der Waals surface area contributed by atoms with E-state index in [4.69, 9.17) is 4.55 Å². The number of alkyl halides is 4. The van der Waals surface area contributed by atoms with Crippen LogP contribution in [0.3, 0.4) is 0 Å². The molecule has 0 saturated heterocycles. The molecular weight excluding hydrogens is 181 g/mol. The first-order chi connectivity index (χ1) is 3.89. The van der Waals surface area contributed by atoms with Crippen molar-refractivity contribution >= 4 is 22.7 Å². The molecule has 0 amide bonds. The minimum absolute atomic E-state index is 3.12. The fraction of sp³-hybridized carbons (Fsp3) is 1.00. The summed E-state index contributed by atoms with van der Waals surface area (Å²) in [6, 6.07) is 0. The molecule has 2 atom stereocenters.